The van der Waals surface area contributed by atoms with Gasteiger partial charge in [0.25, 0.3) is 0 Å². The van der Waals surface area contributed by atoms with Crippen LogP contribution in [0.25, 0.3) is 0 Å². The molecule has 0 spiro atoms. The third-order valence-electron chi connectivity index (χ3n) is 3.24. The molecule has 0 N–H and O–H groups in total. The molecule has 3 aromatic rings. The van der Waals surface area contributed by atoms with E-state index in [9.17, 15) is 8.78 Å². The second-order valence-corrected chi connectivity index (χ2v) is 6.56. The first-order valence-electron chi connectivity index (χ1n) is 7.36. The van der Waals surface area contributed by atoms with E-state index in [0.29, 0.717) is 27.5 Å². The fourth-order valence-corrected chi connectivity index (χ4v) is 3.18. The number of ether oxygens (including phenoxy) is 1. The van der Waals surface area contributed by atoms with Crippen LogP contribution in [0.1, 0.15) is 11.3 Å². The molecule has 2 aromatic carbocycles. The average Bonchev–Trinajstić information content (AvgIpc) is 2.54. The maximum atomic E-state index is 13.7. The molecule has 3 nitrogen and oxygen atoms in total. The van der Waals surface area contributed by atoms with E-state index in [1.54, 1.807) is 37.3 Å². The molecule has 0 bridgehead atoms. The molecular formula is C18H13ClF2N2OS. The summed E-state index contributed by atoms with van der Waals surface area (Å²) < 4.78 is 33.1. The van der Waals surface area contributed by atoms with Crippen molar-refractivity contribution in [3.63, 3.8) is 0 Å². The lowest BCUT2D eigenvalue weighted by Crippen LogP contribution is -1.97. The van der Waals surface area contributed by atoms with Crippen LogP contribution in [0.15, 0.2) is 53.7 Å². The van der Waals surface area contributed by atoms with Crippen molar-refractivity contribution in [2.45, 2.75) is 17.8 Å². The van der Waals surface area contributed by atoms with Gasteiger partial charge in [-0.2, -0.15) is 4.98 Å². The van der Waals surface area contributed by atoms with Crippen LogP contribution < -0.4 is 4.74 Å². The van der Waals surface area contributed by atoms with Crippen LogP contribution in [-0.2, 0) is 5.75 Å². The van der Waals surface area contributed by atoms with Gasteiger partial charge in [-0.05, 0) is 37.3 Å². The van der Waals surface area contributed by atoms with Gasteiger partial charge in [0.2, 0.25) is 5.88 Å². The summed E-state index contributed by atoms with van der Waals surface area (Å²) in [6.07, 6.45) is 0. The number of aromatic nitrogens is 2. The normalized spacial score (nSPS) is 10.7. The highest BCUT2D eigenvalue weighted by atomic mass is 35.5. The van der Waals surface area contributed by atoms with E-state index in [2.05, 4.69) is 9.97 Å². The number of aryl methyl sites for hydroxylation is 1. The van der Waals surface area contributed by atoms with E-state index >= 15 is 0 Å². The summed E-state index contributed by atoms with van der Waals surface area (Å²) in [5, 5.41) is 0.924. The van der Waals surface area contributed by atoms with E-state index < -0.39 is 11.6 Å². The molecule has 128 valence electrons. The Labute approximate surface area is 153 Å². The van der Waals surface area contributed by atoms with Crippen molar-refractivity contribution in [1.82, 2.24) is 9.97 Å². The second kappa shape index (κ2) is 7.80. The highest BCUT2D eigenvalue weighted by Gasteiger charge is 2.11. The van der Waals surface area contributed by atoms with Gasteiger partial charge in [0.15, 0.2) is 5.16 Å². The molecule has 1 aromatic heterocycles. The van der Waals surface area contributed by atoms with Crippen LogP contribution in [0.2, 0.25) is 5.02 Å². The lowest BCUT2D eigenvalue weighted by Gasteiger charge is -2.08. The van der Waals surface area contributed by atoms with Gasteiger partial charge in [-0.15, -0.1) is 0 Å². The van der Waals surface area contributed by atoms with Gasteiger partial charge in [-0.3, -0.25) is 0 Å². The smallest absolute Gasteiger partial charge is 0.223 e. The van der Waals surface area contributed by atoms with E-state index in [-0.39, 0.29) is 11.3 Å². The number of hydrogen-bond acceptors (Lipinski definition) is 4. The van der Waals surface area contributed by atoms with Crippen molar-refractivity contribution in [3.05, 3.63) is 76.4 Å². The molecule has 0 unspecified atom stereocenters. The molecule has 1 heterocycles. The van der Waals surface area contributed by atoms with Gasteiger partial charge in [-0.25, -0.2) is 13.8 Å². The zero-order valence-electron chi connectivity index (χ0n) is 13.2. The molecule has 0 aliphatic rings. The Bertz CT molecular complexity index is 888. The summed E-state index contributed by atoms with van der Waals surface area (Å²) in [7, 11) is 0. The largest absolute Gasteiger partial charge is 0.439 e. The Morgan fingerprint density at radius 2 is 1.76 bits per heavy atom. The molecule has 0 amide bonds. The number of thioether (sulfide) groups is 1. The Morgan fingerprint density at radius 3 is 2.48 bits per heavy atom. The number of halogens is 3. The van der Waals surface area contributed by atoms with Crippen molar-refractivity contribution in [1.29, 1.82) is 0 Å². The topological polar surface area (TPSA) is 35.0 Å². The first-order chi connectivity index (χ1) is 12.0. The molecular weight excluding hydrogens is 366 g/mol. The molecule has 0 saturated heterocycles. The molecule has 0 atom stereocenters. The molecule has 25 heavy (non-hydrogen) atoms. The summed E-state index contributed by atoms with van der Waals surface area (Å²) >= 11 is 7.07. The zero-order valence-corrected chi connectivity index (χ0v) is 14.7. The highest BCUT2D eigenvalue weighted by Crippen LogP contribution is 2.27. The van der Waals surface area contributed by atoms with Crippen molar-refractivity contribution >= 4 is 23.4 Å². The molecule has 0 fully saturated rings. The second-order valence-electron chi connectivity index (χ2n) is 5.18. The van der Waals surface area contributed by atoms with Crippen LogP contribution in [0.4, 0.5) is 8.78 Å². The molecule has 0 radical (unpaired) electrons. The minimum Gasteiger partial charge on any atom is -0.439 e. The highest BCUT2D eigenvalue weighted by molar-refractivity contribution is 7.98. The van der Waals surface area contributed by atoms with Crippen LogP contribution in [-0.4, -0.2) is 9.97 Å². The van der Waals surface area contributed by atoms with Gasteiger partial charge >= 0.3 is 0 Å². The zero-order chi connectivity index (χ0) is 17.8. The van der Waals surface area contributed by atoms with E-state index in [0.717, 1.165) is 11.8 Å². The van der Waals surface area contributed by atoms with E-state index in [1.165, 1.54) is 18.2 Å². The monoisotopic (exact) mass is 378 g/mol. The van der Waals surface area contributed by atoms with Gasteiger partial charge in [-0.1, -0.05) is 35.5 Å². The predicted molar refractivity (Wildman–Crippen MR) is 94.2 cm³/mol. The minimum atomic E-state index is -0.587. The average molecular weight is 379 g/mol. The van der Waals surface area contributed by atoms with Gasteiger partial charge in [0.1, 0.15) is 17.4 Å². The Morgan fingerprint density at radius 1 is 1.04 bits per heavy atom. The van der Waals surface area contributed by atoms with E-state index in [4.69, 9.17) is 16.3 Å². The third kappa shape index (κ3) is 4.67. The van der Waals surface area contributed by atoms with Gasteiger partial charge in [0.05, 0.1) is 0 Å². The molecule has 0 saturated carbocycles. The number of benzene rings is 2. The quantitative estimate of drug-likeness (QED) is 0.415. The first-order valence-corrected chi connectivity index (χ1v) is 8.72. The first kappa shape index (κ1) is 17.6. The van der Waals surface area contributed by atoms with Gasteiger partial charge < -0.3 is 4.74 Å². The molecule has 0 aliphatic heterocycles. The summed E-state index contributed by atoms with van der Waals surface area (Å²) in [6.45, 7) is 1.79. The molecule has 7 heteroatoms. The van der Waals surface area contributed by atoms with Crippen LogP contribution in [0.5, 0.6) is 11.6 Å². The van der Waals surface area contributed by atoms with E-state index in [1.807, 2.05) is 0 Å². The fourth-order valence-electron chi connectivity index (χ4n) is 2.09. The molecule has 3 rings (SSSR count). The summed E-state index contributed by atoms with van der Waals surface area (Å²) in [5.74, 6) is -0.211. The third-order valence-corrected chi connectivity index (χ3v) is 4.34. The Balaban J connectivity index is 1.77. The number of hydrogen-bond donors (Lipinski definition) is 0. The number of rotatable bonds is 5. The maximum absolute atomic E-state index is 13.7. The Kier molecular flexibility index (Phi) is 5.50. The van der Waals surface area contributed by atoms with Crippen LogP contribution >= 0.6 is 23.4 Å². The maximum Gasteiger partial charge on any atom is 0.223 e. The lowest BCUT2D eigenvalue weighted by molar-refractivity contribution is 0.454. The van der Waals surface area contributed by atoms with Crippen molar-refractivity contribution in [2.24, 2.45) is 0 Å². The van der Waals surface area contributed by atoms with Crippen LogP contribution in [0.3, 0.4) is 0 Å². The number of nitrogens with zero attached hydrogens (tertiary/aromatic N) is 2. The summed E-state index contributed by atoms with van der Waals surface area (Å²) in [4.78, 5) is 8.54. The predicted octanol–water partition coefficient (Wildman–Crippen LogP) is 5.80. The van der Waals surface area contributed by atoms with Gasteiger partial charge in [0, 0.05) is 28.1 Å². The summed E-state index contributed by atoms with van der Waals surface area (Å²) in [5.41, 5.74) is 0.679. The van der Waals surface area contributed by atoms with Crippen LogP contribution in [0, 0.1) is 18.6 Å². The summed E-state index contributed by atoms with van der Waals surface area (Å²) in [6, 6.07) is 12.4. The van der Waals surface area contributed by atoms with Crippen molar-refractivity contribution in [3.8, 4) is 11.6 Å². The SMILES string of the molecule is Cc1cc(Oc2cccc(Cl)c2)nc(SCc2c(F)cccc2F)n1. The Hall–Kier alpha value is -2.18. The molecule has 0 aliphatic carbocycles. The minimum absolute atomic E-state index is 0.00471. The lowest BCUT2D eigenvalue weighted by atomic mass is 10.2. The standard InChI is InChI=1S/C18H13ClF2N2OS/c1-11-8-17(24-13-5-2-4-12(19)9-13)23-18(22-11)25-10-14-15(20)6-3-7-16(14)21/h2-9H,10H2,1H3. The van der Waals surface area contributed by atoms with Crippen molar-refractivity contribution in [2.75, 3.05) is 0 Å². The fraction of sp³-hybridized carbons (Fsp3) is 0.111. The van der Waals surface area contributed by atoms with Crippen molar-refractivity contribution < 1.29 is 13.5 Å².